The van der Waals surface area contributed by atoms with Crippen LogP contribution in [-0.2, 0) is 11.2 Å². The third kappa shape index (κ3) is 2.72. The zero-order chi connectivity index (χ0) is 10.7. The quantitative estimate of drug-likeness (QED) is 0.757. The lowest BCUT2D eigenvalue weighted by molar-refractivity contribution is -0.00114. The number of hydrogen-bond donors (Lipinski definition) is 0. The Bertz CT molecular complexity index is 320. The van der Waals surface area contributed by atoms with Crippen LogP contribution in [0.3, 0.4) is 0 Å². The zero-order valence-corrected chi connectivity index (χ0v) is 9.40. The first-order chi connectivity index (χ1) is 7.25. The maximum atomic E-state index is 5.78. The predicted molar refractivity (Wildman–Crippen MR) is 60.2 cm³/mol. The first kappa shape index (κ1) is 10.5. The molecule has 1 heterocycles. The van der Waals surface area contributed by atoms with Crippen molar-refractivity contribution in [1.29, 1.82) is 0 Å². The highest BCUT2D eigenvalue weighted by atomic mass is 16.5. The molecule has 2 heteroatoms. The van der Waals surface area contributed by atoms with Crippen LogP contribution in [0.15, 0.2) is 24.3 Å². The number of rotatable bonds is 3. The fourth-order valence-corrected chi connectivity index (χ4v) is 1.74. The second kappa shape index (κ2) is 4.67. The van der Waals surface area contributed by atoms with E-state index in [1.807, 2.05) is 18.2 Å². The maximum Gasteiger partial charge on any atom is 0.122 e. The highest BCUT2D eigenvalue weighted by molar-refractivity contribution is 5.35. The third-order valence-electron chi connectivity index (χ3n) is 2.51. The van der Waals surface area contributed by atoms with E-state index >= 15 is 0 Å². The Kier molecular flexibility index (Phi) is 3.27. The minimum absolute atomic E-state index is 0.224. The molecule has 0 aliphatic carbocycles. The Labute approximate surface area is 91.2 Å². The van der Waals surface area contributed by atoms with Gasteiger partial charge in [-0.25, -0.2) is 0 Å². The van der Waals surface area contributed by atoms with E-state index in [0.29, 0.717) is 12.5 Å². The first-order valence-electron chi connectivity index (χ1n) is 5.58. The van der Waals surface area contributed by atoms with Gasteiger partial charge in [0.15, 0.2) is 0 Å². The smallest absolute Gasteiger partial charge is 0.122 e. The molecule has 0 saturated carbocycles. The Morgan fingerprint density at radius 3 is 3.00 bits per heavy atom. The molecule has 82 valence electrons. The fourth-order valence-electron chi connectivity index (χ4n) is 1.74. The van der Waals surface area contributed by atoms with Crippen LogP contribution < -0.4 is 4.74 Å². The Morgan fingerprint density at radius 1 is 1.40 bits per heavy atom. The number of fused-ring (bicyclic) bond motifs is 1. The summed E-state index contributed by atoms with van der Waals surface area (Å²) in [6.07, 6.45) is 1.20. The summed E-state index contributed by atoms with van der Waals surface area (Å²) in [4.78, 5) is 0. The summed E-state index contributed by atoms with van der Waals surface area (Å²) in [6.45, 7) is 5.83. The van der Waals surface area contributed by atoms with Crippen LogP contribution >= 0.6 is 0 Å². The first-order valence-corrected chi connectivity index (χ1v) is 5.58. The summed E-state index contributed by atoms with van der Waals surface area (Å²) >= 11 is 0. The number of benzene rings is 1. The van der Waals surface area contributed by atoms with Crippen molar-refractivity contribution in [2.75, 3.05) is 13.2 Å². The molecule has 2 rings (SSSR count). The van der Waals surface area contributed by atoms with Crippen LogP contribution in [0.25, 0.3) is 0 Å². The SMILES string of the molecule is CC(C)COC1COc2ccccc2C1. The normalized spacial score (nSPS) is 19.8. The average Bonchev–Trinajstić information content (AvgIpc) is 2.26. The molecule has 1 aromatic rings. The topological polar surface area (TPSA) is 18.5 Å². The third-order valence-corrected chi connectivity index (χ3v) is 2.51. The largest absolute Gasteiger partial charge is 0.491 e. The number of hydrogen-bond acceptors (Lipinski definition) is 2. The van der Waals surface area contributed by atoms with Crippen molar-refractivity contribution >= 4 is 0 Å². The zero-order valence-electron chi connectivity index (χ0n) is 9.40. The molecule has 0 amide bonds. The van der Waals surface area contributed by atoms with Gasteiger partial charge in [-0.15, -0.1) is 0 Å². The highest BCUT2D eigenvalue weighted by Crippen LogP contribution is 2.25. The minimum Gasteiger partial charge on any atom is -0.491 e. The molecule has 0 saturated heterocycles. The Hall–Kier alpha value is -1.02. The van der Waals surface area contributed by atoms with E-state index in [4.69, 9.17) is 9.47 Å². The van der Waals surface area contributed by atoms with Gasteiger partial charge in [-0.2, -0.15) is 0 Å². The van der Waals surface area contributed by atoms with Crippen LogP contribution in [0.4, 0.5) is 0 Å². The summed E-state index contributed by atoms with van der Waals surface area (Å²) in [5, 5.41) is 0. The van der Waals surface area contributed by atoms with Crippen LogP contribution in [0.2, 0.25) is 0 Å². The highest BCUT2D eigenvalue weighted by Gasteiger charge is 2.19. The van der Waals surface area contributed by atoms with Gasteiger partial charge in [0.05, 0.1) is 6.10 Å². The van der Waals surface area contributed by atoms with Gasteiger partial charge in [0.2, 0.25) is 0 Å². The van der Waals surface area contributed by atoms with E-state index in [-0.39, 0.29) is 6.10 Å². The van der Waals surface area contributed by atoms with Crippen molar-refractivity contribution in [3.63, 3.8) is 0 Å². The van der Waals surface area contributed by atoms with Gasteiger partial charge < -0.3 is 9.47 Å². The summed E-state index contributed by atoms with van der Waals surface area (Å²) < 4.78 is 11.4. The van der Waals surface area contributed by atoms with Gasteiger partial charge in [0.25, 0.3) is 0 Å². The van der Waals surface area contributed by atoms with Gasteiger partial charge in [-0.1, -0.05) is 32.0 Å². The monoisotopic (exact) mass is 206 g/mol. The predicted octanol–water partition coefficient (Wildman–Crippen LogP) is 2.66. The summed E-state index contributed by atoms with van der Waals surface area (Å²) in [7, 11) is 0. The lowest BCUT2D eigenvalue weighted by Gasteiger charge is -2.26. The molecule has 0 N–H and O–H groups in total. The number of ether oxygens (including phenoxy) is 2. The van der Waals surface area contributed by atoms with Crippen molar-refractivity contribution in [1.82, 2.24) is 0 Å². The molecule has 1 aliphatic heterocycles. The summed E-state index contributed by atoms with van der Waals surface area (Å²) in [6, 6.07) is 8.19. The lowest BCUT2D eigenvalue weighted by Crippen LogP contribution is -2.29. The van der Waals surface area contributed by atoms with E-state index in [1.54, 1.807) is 0 Å². The molecule has 1 aromatic carbocycles. The second-order valence-corrected chi connectivity index (χ2v) is 4.47. The Balaban J connectivity index is 1.94. The molecule has 0 spiro atoms. The maximum absolute atomic E-state index is 5.78. The second-order valence-electron chi connectivity index (χ2n) is 4.47. The molecule has 1 unspecified atom stereocenters. The molecule has 0 fully saturated rings. The fraction of sp³-hybridized carbons (Fsp3) is 0.538. The van der Waals surface area contributed by atoms with Crippen molar-refractivity contribution in [3.05, 3.63) is 29.8 Å². The average molecular weight is 206 g/mol. The van der Waals surface area contributed by atoms with E-state index in [9.17, 15) is 0 Å². The van der Waals surface area contributed by atoms with Crippen molar-refractivity contribution in [3.8, 4) is 5.75 Å². The van der Waals surface area contributed by atoms with E-state index in [1.165, 1.54) is 5.56 Å². The van der Waals surface area contributed by atoms with Crippen molar-refractivity contribution < 1.29 is 9.47 Å². The summed E-state index contributed by atoms with van der Waals surface area (Å²) in [5.74, 6) is 1.60. The molecule has 0 aromatic heterocycles. The van der Waals surface area contributed by atoms with Crippen molar-refractivity contribution in [2.45, 2.75) is 26.4 Å². The molecule has 0 radical (unpaired) electrons. The van der Waals surface area contributed by atoms with E-state index in [0.717, 1.165) is 18.8 Å². The van der Waals surface area contributed by atoms with Crippen molar-refractivity contribution in [2.24, 2.45) is 5.92 Å². The van der Waals surface area contributed by atoms with E-state index < -0.39 is 0 Å². The van der Waals surface area contributed by atoms with Gasteiger partial charge in [0.1, 0.15) is 12.4 Å². The van der Waals surface area contributed by atoms with Crippen LogP contribution in [-0.4, -0.2) is 19.3 Å². The lowest BCUT2D eigenvalue weighted by atomic mass is 10.0. The van der Waals surface area contributed by atoms with Crippen LogP contribution in [0.1, 0.15) is 19.4 Å². The standard InChI is InChI=1S/C13H18O2/c1-10(2)8-14-12-7-11-5-3-4-6-13(11)15-9-12/h3-6,10,12H,7-9H2,1-2H3. The molecule has 1 aliphatic rings. The number of para-hydroxylation sites is 1. The van der Waals surface area contributed by atoms with Gasteiger partial charge in [-0.3, -0.25) is 0 Å². The van der Waals surface area contributed by atoms with Crippen LogP contribution in [0.5, 0.6) is 5.75 Å². The molecule has 0 bridgehead atoms. The van der Waals surface area contributed by atoms with Crippen LogP contribution in [0, 0.1) is 5.92 Å². The molecular weight excluding hydrogens is 188 g/mol. The van der Waals surface area contributed by atoms with E-state index in [2.05, 4.69) is 19.9 Å². The minimum atomic E-state index is 0.224. The molecule has 1 atom stereocenters. The van der Waals surface area contributed by atoms with Gasteiger partial charge >= 0.3 is 0 Å². The Morgan fingerprint density at radius 2 is 2.20 bits per heavy atom. The summed E-state index contributed by atoms with van der Waals surface area (Å²) in [5.41, 5.74) is 1.26. The molecule has 2 nitrogen and oxygen atoms in total. The molecule has 15 heavy (non-hydrogen) atoms. The molecular formula is C13H18O2. The van der Waals surface area contributed by atoms with Gasteiger partial charge in [-0.05, 0) is 17.5 Å². The van der Waals surface area contributed by atoms with Gasteiger partial charge in [0, 0.05) is 13.0 Å².